The number of thiophene rings is 1. The Morgan fingerprint density at radius 3 is 2.95 bits per heavy atom. The van der Waals surface area contributed by atoms with E-state index in [0.29, 0.717) is 10.2 Å². The summed E-state index contributed by atoms with van der Waals surface area (Å²) in [6.45, 7) is 4.09. The monoisotopic (exact) mass is 280 g/mol. The quantitative estimate of drug-likeness (QED) is 0.854. The van der Waals surface area contributed by atoms with Crippen molar-refractivity contribution in [3.05, 3.63) is 27.1 Å². The Labute approximate surface area is 114 Å². The molecule has 0 atom stereocenters. The van der Waals surface area contributed by atoms with Crippen LogP contribution in [0, 0.1) is 0 Å². The summed E-state index contributed by atoms with van der Waals surface area (Å²) >= 11 is 1.46. The van der Waals surface area contributed by atoms with Crippen molar-refractivity contribution in [2.24, 2.45) is 0 Å². The Hall–Kier alpha value is -1.69. The van der Waals surface area contributed by atoms with E-state index in [1.165, 1.54) is 11.3 Å². The molecule has 5 nitrogen and oxygen atoms in total. The summed E-state index contributed by atoms with van der Waals surface area (Å²) < 4.78 is 4.84. The van der Waals surface area contributed by atoms with E-state index >= 15 is 0 Å². The fourth-order valence-corrected chi connectivity index (χ4v) is 2.82. The van der Waals surface area contributed by atoms with Gasteiger partial charge in [-0.25, -0.2) is 9.78 Å². The molecule has 2 rings (SSSR count). The fourth-order valence-electron chi connectivity index (χ4n) is 1.75. The molecule has 1 N–H and O–H groups in total. The minimum Gasteiger partial charge on any atom is -0.460 e. The summed E-state index contributed by atoms with van der Waals surface area (Å²) in [6.07, 6.45) is 3.12. The third-order valence-corrected chi connectivity index (χ3v) is 3.79. The lowest BCUT2D eigenvalue weighted by Gasteiger charge is -1.99. The van der Waals surface area contributed by atoms with Crippen LogP contribution in [0.25, 0.3) is 10.2 Å². The number of aromatic nitrogens is 2. The molecular formula is C13H16N2O3S. The van der Waals surface area contributed by atoms with E-state index in [2.05, 4.69) is 16.9 Å². The van der Waals surface area contributed by atoms with Gasteiger partial charge in [0.15, 0.2) is 0 Å². The maximum atomic E-state index is 11.9. The van der Waals surface area contributed by atoms with Crippen molar-refractivity contribution >= 4 is 27.5 Å². The van der Waals surface area contributed by atoms with Crippen LogP contribution in [0.3, 0.4) is 0 Å². The van der Waals surface area contributed by atoms with Crippen molar-refractivity contribution in [2.75, 3.05) is 6.61 Å². The molecule has 2 aromatic rings. The summed E-state index contributed by atoms with van der Waals surface area (Å²) in [5.41, 5.74) is -0.285. The van der Waals surface area contributed by atoms with E-state index in [1.54, 1.807) is 6.92 Å². The minimum atomic E-state index is -0.593. The predicted molar refractivity (Wildman–Crippen MR) is 74.8 cm³/mol. The molecule has 0 bridgehead atoms. The number of ether oxygens (including phenoxy) is 1. The molecule has 19 heavy (non-hydrogen) atoms. The second kappa shape index (κ2) is 5.97. The van der Waals surface area contributed by atoms with Crippen LogP contribution in [-0.2, 0) is 11.2 Å². The highest BCUT2D eigenvalue weighted by molar-refractivity contribution is 7.18. The smallest absolute Gasteiger partial charge is 0.374 e. The summed E-state index contributed by atoms with van der Waals surface area (Å²) in [5, 5.41) is 0.546. The molecule has 0 saturated heterocycles. The van der Waals surface area contributed by atoms with E-state index in [-0.39, 0.29) is 18.0 Å². The maximum absolute atomic E-state index is 11.9. The Kier molecular flexibility index (Phi) is 4.31. The van der Waals surface area contributed by atoms with Gasteiger partial charge in [0.1, 0.15) is 4.83 Å². The SMILES string of the molecule is CCCCc1cc2c(=O)[nH]c(C(=O)OCC)nc2s1. The number of nitrogens with one attached hydrogen (secondary N) is 1. The summed E-state index contributed by atoms with van der Waals surface area (Å²) in [5.74, 6) is -0.617. The minimum absolute atomic E-state index is 0.0248. The summed E-state index contributed by atoms with van der Waals surface area (Å²) in [4.78, 5) is 31.8. The van der Waals surface area contributed by atoms with Gasteiger partial charge in [-0.2, -0.15) is 0 Å². The van der Waals surface area contributed by atoms with Crippen molar-refractivity contribution in [3.8, 4) is 0 Å². The van der Waals surface area contributed by atoms with Crippen LogP contribution < -0.4 is 5.56 Å². The molecule has 0 aliphatic carbocycles. The number of hydrogen-bond donors (Lipinski definition) is 1. The van der Waals surface area contributed by atoms with Gasteiger partial charge in [0.05, 0.1) is 12.0 Å². The number of esters is 1. The maximum Gasteiger partial charge on any atom is 0.374 e. The number of fused-ring (bicyclic) bond motifs is 1. The number of rotatable bonds is 5. The number of nitrogens with zero attached hydrogens (tertiary/aromatic N) is 1. The van der Waals surface area contributed by atoms with E-state index in [4.69, 9.17) is 4.74 Å². The fraction of sp³-hybridized carbons (Fsp3) is 0.462. The molecule has 0 amide bonds. The largest absolute Gasteiger partial charge is 0.460 e. The zero-order valence-electron chi connectivity index (χ0n) is 11.0. The first-order valence-corrected chi connectivity index (χ1v) is 7.17. The molecule has 0 aromatic carbocycles. The lowest BCUT2D eigenvalue weighted by atomic mass is 10.2. The van der Waals surface area contributed by atoms with Crippen molar-refractivity contribution in [1.29, 1.82) is 0 Å². The second-order valence-corrected chi connectivity index (χ2v) is 5.29. The average Bonchev–Trinajstić information content (AvgIpc) is 2.80. The third-order valence-electron chi connectivity index (χ3n) is 2.70. The molecule has 0 unspecified atom stereocenters. The first-order valence-electron chi connectivity index (χ1n) is 6.35. The molecule has 0 aliphatic heterocycles. The molecule has 2 heterocycles. The zero-order chi connectivity index (χ0) is 13.8. The van der Waals surface area contributed by atoms with E-state index in [9.17, 15) is 9.59 Å². The first kappa shape index (κ1) is 13.7. The number of aromatic amines is 1. The van der Waals surface area contributed by atoms with Gasteiger partial charge in [-0.15, -0.1) is 11.3 Å². The van der Waals surface area contributed by atoms with E-state index < -0.39 is 5.97 Å². The molecule has 0 spiro atoms. The van der Waals surface area contributed by atoms with Gasteiger partial charge < -0.3 is 9.72 Å². The van der Waals surface area contributed by atoms with Gasteiger partial charge in [0.25, 0.3) is 5.56 Å². The second-order valence-electron chi connectivity index (χ2n) is 4.17. The Morgan fingerprint density at radius 1 is 1.47 bits per heavy atom. The van der Waals surface area contributed by atoms with Gasteiger partial charge in [0, 0.05) is 4.88 Å². The van der Waals surface area contributed by atoms with Crippen LogP contribution in [0.15, 0.2) is 10.9 Å². The van der Waals surface area contributed by atoms with Crippen LogP contribution in [0.2, 0.25) is 0 Å². The molecule has 2 aromatic heterocycles. The number of carbonyl (C=O) groups is 1. The van der Waals surface area contributed by atoms with Crippen LogP contribution in [0.1, 0.15) is 42.2 Å². The molecule has 0 aliphatic rings. The van der Waals surface area contributed by atoms with E-state index in [1.807, 2.05) is 6.07 Å². The molecule has 0 saturated carbocycles. The van der Waals surface area contributed by atoms with Crippen molar-refractivity contribution < 1.29 is 9.53 Å². The summed E-state index contributed by atoms with van der Waals surface area (Å²) in [6, 6.07) is 1.86. The number of carbonyl (C=O) groups excluding carboxylic acids is 1. The first-order chi connectivity index (χ1) is 9.15. The van der Waals surface area contributed by atoms with Crippen molar-refractivity contribution in [3.63, 3.8) is 0 Å². The molecular weight excluding hydrogens is 264 g/mol. The van der Waals surface area contributed by atoms with Gasteiger partial charge >= 0.3 is 5.97 Å². The van der Waals surface area contributed by atoms with Crippen molar-refractivity contribution in [2.45, 2.75) is 33.1 Å². The average molecular weight is 280 g/mol. The third kappa shape index (κ3) is 3.01. The van der Waals surface area contributed by atoms with Gasteiger partial charge in [0.2, 0.25) is 5.82 Å². The van der Waals surface area contributed by atoms with Gasteiger partial charge in [-0.05, 0) is 25.8 Å². The number of unbranched alkanes of at least 4 members (excludes halogenated alkanes) is 1. The number of hydrogen-bond acceptors (Lipinski definition) is 5. The highest BCUT2D eigenvalue weighted by atomic mass is 32.1. The standard InChI is InChI=1S/C13H16N2O3S/c1-3-5-6-8-7-9-11(16)14-10(13(17)18-4-2)15-12(9)19-8/h7H,3-6H2,1-2H3,(H,14,15,16). The highest BCUT2D eigenvalue weighted by Crippen LogP contribution is 2.22. The summed E-state index contributed by atoms with van der Waals surface area (Å²) in [7, 11) is 0. The van der Waals surface area contributed by atoms with Crippen LogP contribution in [0.4, 0.5) is 0 Å². The normalized spacial score (nSPS) is 10.8. The van der Waals surface area contributed by atoms with Crippen LogP contribution in [-0.4, -0.2) is 22.5 Å². The zero-order valence-corrected chi connectivity index (χ0v) is 11.8. The molecule has 0 fully saturated rings. The van der Waals surface area contributed by atoms with Crippen LogP contribution >= 0.6 is 11.3 Å². The number of aryl methyl sites for hydroxylation is 1. The lowest BCUT2D eigenvalue weighted by molar-refractivity contribution is 0.0512. The molecule has 6 heteroatoms. The van der Waals surface area contributed by atoms with E-state index in [0.717, 1.165) is 24.1 Å². The highest BCUT2D eigenvalue weighted by Gasteiger charge is 2.14. The van der Waals surface area contributed by atoms with Crippen LogP contribution in [0.5, 0.6) is 0 Å². The Morgan fingerprint density at radius 2 is 2.26 bits per heavy atom. The molecule has 0 radical (unpaired) electrons. The Balaban J connectivity index is 2.39. The molecule has 102 valence electrons. The van der Waals surface area contributed by atoms with Gasteiger partial charge in [-0.1, -0.05) is 13.3 Å². The van der Waals surface area contributed by atoms with Crippen molar-refractivity contribution in [1.82, 2.24) is 9.97 Å². The topological polar surface area (TPSA) is 72.0 Å². The number of H-pyrrole nitrogens is 1. The van der Waals surface area contributed by atoms with Gasteiger partial charge in [-0.3, -0.25) is 4.79 Å². The lowest BCUT2D eigenvalue weighted by Crippen LogP contribution is -2.16. The Bertz CT molecular complexity index is 645. The predicted octanol–water partition coefficient (Wildman–Crippen LogP) is 2.50.